The lowest BCUT2D eigenvalue weighted by Crippen LogP contribution is -2.28. The lowest BCUT2D eigenvalue weighted by molar-refractivity contribution is -0.385. The van der Waals surface area contributed by atoms with Crippen LogP contribution >= 0.6 is 0 Å². The van der Waals surface area contributed by atoms with Crippen molar-refractivity contribution >= 4 is 11.6 Å². The fourth-order valence-electron chi connectivity index (χ4n) is 2.52. The van der Waals surface area contributed by atoms with E-state index in [1.165, 1.54) is 18.2 Å². The molecule has 132 valence electrons. The Morgan fingerprint density at radius 2 is 1.96 bits per heavy atom. The third-order valence-corrected chi connectivity index (χ3v) is 3.84. The van der Waals surface area contributed by atoms with Gasteiger partial charge in [-0.25, -0.2) is 0 Å². The zero-order valence-corrected chi connectivity index (χ0v) is 14.6. The quantitative estimate of drug-likeness (QED) is 0.471. The molecule has 0 atom stereocenters. The van der Waals surface area contributed by atoms with Gasteiger partial charge in [0, 0.05) is 17.2 Å². The Kier molecular flexibility index (Phi) is 6.11. The maximum Gasteiger partial charge on any atom is 0.272 e. The molecule has 0 heterocycles. The van der Waals surface area contributed by atoms with Crippen molar-refractivity contribution in [3.05, 3.63) is 69.3 Å². The summed E-state index contributed by atoms with van der Waals surface area (Å²) in [4.78, 5) is 22.5. The first kappa shape index (κ1) is 18.4. The van der Waals surface area contributed by atoms with Crippen LogP contribution in [0.25, 0.3) is 0 Å². The number of hydrogen-bond donors (Lipinski definition) is 1. The second-order valence-corrected chi connectivity index (χ2v) is 6.06. The summed E-state index contributed by atoms with van der Waals surface area (Å²) in [5.74, 6) is 0.894. The Labute approximate surface area is 147 Å². The molecule has 1 N–H and O–H groups in total. The largest absolute Gasteiger partial charge is 0.491 e. The fourth-order valence-corrected chi connectivity index (χ4v) is 2.52. The van der Waals surface area contributed by atoms with Crippen molar-refractivity contribution in [3.8, 4) is 5.75 Å². The van der Waals surface area contributed by atoms with E-state index in [2.05, 4.69) is 19.2 Å². The van der Waals surface area contributed by atoms with Gasteiger partial charge in [-0.2, -0.15) is 0 Å². The van der Waals surface area contributed by atoms with Crippen LogP contribution in [0.2, 0.25) is 0 Å². The van der Waals surface area contributed by atoms with E-state index < -0.39 is 4.92 Å². The Balaban J connectivity index is 1.89. The molecule has 0 aliphatic carbocycles. The van der Waals surface area contributed by atoms with Crippen LogP contribution in [-0.2, 0) is 0 Å². The standard InChI is InChI=1S/C19H22N2O4/c1-13(2)16-6-4-5-7-18(16)25-11-10-20-19(22)15-8-9-17(21(23)24)14(3)12-15/h4-9,12-13H,10-11H2,1-3H3,(H,20,22). The van der Waals surface area contributed by atoms with Crippen LogP contribution < -0.4 is 10.1 Å². The first-order chi connectivity index (χ1) is 11.9. The van der Waals surface area contributed by atoms with Crippen LogP contribution in [0.1, 0.15) is 41.3 Å². The van der Waals surface area contributed by atoms with Gasteiger partial charge in [-0.3, -0.25) is 14.9 Å². The maximum absolute atomic E-state index is 12.1. The minimum absolute atomic E-state index is 0.00479. The monoisotopic (exact) mass is 342 g/mol. The average Bonchev–Trinajstić information content (AvgIpc) is 2.58. The van der Waals surface area contributed by atoms with Crippen LogP contribution in [0.5, 0.6) is 5.75 Å². The molecular weight excluding hydrogens is 320 g/mol. The molecule has 0 aliphatic rings. The summed E-state index contributed by atoms with van der Waals surface area (Å²) in [5, 5.41) is 13.6. The van der Waals surface area contributed by atoms with E-state index in [1.807, 2.05) is 24.3 Å². The van der Waals surface area contributed by atoms with Crippen molar-refractivity contribution in [1.82, 2.24) is 5.32 Å². The molecule has 0 saturated carbocycles. The molecule has 0 spiro atoms. The topological polar surface area (TPSA) is 81.5 Å². The maximum atomic E-state index is 12.1. The van der Waals surface area contributed by atoms with E-state index in [1.54, 1.807) is 6.92 Å². The van der Waals surface area contributed by atoms with Gasteiger partial charge >= 0.3 is 0 Å². The number of amides is 1. The van der Waals surface area contributed by atoms with Gasteiger partial charge in [-0.15, -0.1) is 0 Å². The molecule has 6 nitrogen and oxygen atoms in total. The van der Waals surface area contributed by atoms with Crippen LogP contribution in [0, 0.1) is 17.0 Å². The van der Waals surface area contributed by atoms with E-state index in [0.717, 1.165) is 11.3 Å². The van der Waals surface area contributed by atoms with Crippen molar-refractivity contribution < 1.29 is 14.5 Å². The Morgan fingerprint density at radius 3 is 2.60 bits per heavy atom. The lowest BCUT2D eigenvalue weighted by atomic mass is 10.0. The highest BCUT2D eigenvalue weighted by molar-refractivity contribution is 5.94. The van der Waals surface area contributed by atoms with Gasteiger partial charge in [0.15, 0.2) is 0 Å². The van der Waals surface area contributed by atoms with Crippen molar-refractivity contribution in [2.45, 2.75) is 26.7 Å². The molecule has 25 heavy (non-hydrogen) atoms. The summed E-state index contributed by atoms with van der Waals surface area (Å²) in [6.07, 6.45) is 0. The lowest BCUT2D eigenvalue weighted by Gasteiger charge is -2.14. The third-order valence-electron chi connectivity index (χ3n) is 3.84. The van der Waals surface area contributed by atoms with Gasteiger partial charge in [0.1, 0.15) is 12.4 Å². The van der Waals surface area contributed by atoms with E-state index >= 15 is 0 Å². The van der Waals surface area contributed by atoms with Gasteiger partial charge in [0.05, 0.1) is 11.5 Å². The number of nitro groups is 1. The summed E-state index contributed by atoms with van der Waals surface area (Å²) in [5.41, 5.74) is 1.98. The number of carbonyl (C=O) groups excluding carboxylic acids is 1. The highest BCUT2D eigenvalue weighted by atomic mass is 16.6. The van der Waals surface area contributed by atoms with Crippen LogP contribution in [-0.4, -0.2) is 24.0 Å². The number of benzene rings is 2. The SMILES string of the molecule is Cc1cc(C(=O)NCCOc2ccccc2C(C)C)ccc1[N+](=O)[O-]. The molecule has 1 amide bonds. The minimum atomic E-state index is -0.461. The highest BCUT2D eigenvalue weighted by Crippen LogP contribution is 2.25. The molecule has 0 unspecified atom stereocenters. The van der Waals surface area contributed by atoms with E-state index in [0.29, 0.717) is 30.2 Å². The summed E-state index contributed by atoms with van der Waals surface area (Å²) in [7, 11) is 0. The molecule has 2 aromatic rings. The smallest absolute Gasteiger partial charge is 0.272 e. The minimum Gasteiger partial charge on any atom is -0.491 e. The summed E-state index contributed by atoms with van der Waals surface area (Å²) in [6.45, 7) is 6.51. The zero-order valence-electron chi connectivity index (χ0n) is 14.6. The first-order valence-electron chi connectivity index (χ1n) is 8.15. The molecule has 0 aromatic heterocycles. The van der Waals surface area contributed by atoms with E-state index in [-0.39, 0.29) is 11.6 Å². The Morgan fingerprint density at radius 1 is 1.24 bits per heavy atom. The van der Waals surface area contributed by atoms with Gasteiger partial charge in [0.25, 0.3) is 11.6 Å². The average molecular weight is 342 g/mol. The molecular formula is C19H22N2O4. The number of nitro benzene ring substituents is 1. The van der Waals surface area contributed by atoms with Crippen molar-refractivity contribution in [2.24, 2.45) is 0 Å². The van der Waals surface area contributed by atoms with E-state index in [9.17, 15) is 14.9 Å². The summed E-state index contributed by atoms with van der Waals surface area (Å²) < 4.78 is 5.75. The number of para-hydroxylation sites is 1. The molecule has 0 bridgehead atoms. The highest BCUT2D eigenvalue weighted by Gasteiger charge is 2.13. The van der Waals surface area contributed by atoms with Crippen molar-refractivity contribution in [2.75, 3.05) is 13.2 Å². The zero-order chi connectivity index (χ0) is 18.4. The number of rotatable bonds is 7. The number of hydrogen-bond acceptors (Lipinski definition) is 4. The Bertz CT molecular complexity index is 772. The third kappa shape index (κ3) is 4.79. The number of nitrogens with zero attached hydrogens (tertiary/aromatic N) is 1. The number of aryl methyl sites for hydroxylation is 1. The fraction of sp³-hybridized carbons (Fsp3) is 0.316. The molecule has 6 heteroatoms. The number of nitrogens with one attached hydrogen (secondary N) is 1. The van der Waals surface area contributed by atoms with Gasteiger partial charge in [0.2, 0.25) is 0 Å². The predicted octanol–water partition coefficient (Wildman–Crippen LogP) is 3.84. The second kappa shape index (κ2) is 8.28. The second-order valence-electron chi connectivity index (χ2n) is 6.06. The van der Waals surface area contributed by atoms with Gasteiger partial charge < -0.3 is 10.1 Å². The van der Waals surface area contributed by atoms with Crippen LogP contribution in [0.3, 0.4) is 0 Å². The summed E-state index contributed by atoms with van der Waals surface area (Å²) in [6, 6.07) is 12.1. The van der Waals surface area contributed by atoms with Crippen molar-refractivity contribution in [1.29, 1.82) is 0 Å². The molecule has 2 aromatic carbocycles. The normalized spacial score (nSPS) is 10.6. The molecule has 0 aliphatic heterocycles. The molecule has 0 fully saturated rings. The number of carbonyl (C=O) groups is 1. The van der Waals surface area contributed by atoms with Crippen molar-refractivity contribution in [3.63, 3.8) is 0 Å². The number of ether oxygens (including phenoxy) is 1. The van der Waals surface area contributed by atoms with Gasteiger partial charge in [-0.05, 0) is 36.6 Å². The van der Waals surface area contributed by atoms with E-state index in [4.69, 9.17) is 4.74 Å². The predicted molar refractivity (Wildman–Crippen MR) is 96.2 cm³/mol. The molecule has 0 saturated heterocycles. The molecule has 0 radical (unpaired) electrons. The van der Waals surface area contributed by atoms with Crippen LogP contribution in [0.15, 0.2) is 42.5 Å². The van der Waals surface area contributed by atoms with Gasteiger partial charge in [-0.1, -0.05) is 32.0 Å². The first-order valence-corrected chi connectivity index (χ1v) is 8.15. The summed E-state index contributed by atoms with van der Waals surface area (Å²) >= 11 is 0. The van der Waals surface area contributed by atoms with Crippen LogP contribution in [0.4, 0.5) is 5.69 Å². The molecule has 2 rings (SSSR count). The Hall–Kier alpha value is -2.89.